The third-order valence-corrected chi connectivity index (χ3v) is 4.55. The predicted octanol–water partition coefficient (Wildman–Crippen LogP) is 1.17. The van der Waals surface area contributed by atoms with Gasteiger partial charge in [0.25, 0.3) is 0 Å². The molecule has 0 spiro atoms. The molecule has 134 valence electrons. The first-order valence-electron chi connectivity index (χ1n) is 8.71. The number of ether oxygens (including phenoxy) is 1. The lowest BCUT2D eigenvalue weighted by Crippen LogP contribution is -2.36. The first kappa shape index (κ1) is 17.5. The molecule has 0 bridgehead atoms. The largest absolute Gasteiger partial charge is 0.379 e. The SMILES string of the molecule is Cc1nn(C)cc1CCC(=O)N1CCOC[C@H](Cc2ccncn2)C1. The van der Waals surface area contributed by atoms with Crippen LogP contribution >= 0.6 is 0 Å². The van der Waals surface area contributed by atoms with Crippen LogP contribution in [0.4, 0.5) is 0 Å². The predicted molar refractivity (Wildman–Crippen MR) is 92.9 cm³/mol. The molecule has 7 nitrogen and oxygen atoms in total. The summed E-state index contributed by atoms with van der Waals surface area (Å²) in [6, 6.07) is 1.92. The van der Waals surface area contributed by atoms with Gasteiger partial charge in [-0.05, 0) is 31.4 Å². The van der Waals surface area contributed by atoms with Gasteiger partial charge in [0.15, 0.2) is 0 Å². The van der Waals surface area contributed by atoms with Gasteiger partial charge in [-0.1, -0.05) is 0 Å². The molecule has 0 saturated carbocycles. The fraction of sp³-hybridized carbons (Fsp3) is 0.556. The number of aromatic nitrogens is 4. The van der Waals surface area contributed by atoms with E-state index in [1.807, 2.05) is 31.1 Å². The molecule has 1 aliphatic heterocycles. The highest BCUT2D eigenvalue weighted by molar-refractivity contribution is 5.76. The van der Waals surface area contributed by atoms with Gasteiger partial charge >= 0.3 is 0 Å². The standard InChI is InChI=1S/C18H25N5O2/c1-14-16(11-22(2)21-14)3-4-18(24)23-7-8-25-12-15(10-23)9-17-5-6-19-13-20-17/h5-6,11,13,15H,3-4,7-10,12H2,1-2H3/t15-/m1/s1. The first-order valence-corrected chi connectivity index (χ1v) is 8.71. The summed E-state index contributed by atoms with van der Waals surface area (Å²) < 4.78 is 7.49. The van der Waals surface area contributed by atoms with E-state index in [4.69, 9.17) is 4.74 Å². The summed E-state index contributed by atoms with van der Waals surface area (Å²) in [5, 5.41) is 4.34. The van der Waals surface area contributed by atoms with Crippen LogP contribution in [-0.4, -0.2) is 56.9 Å². The van der Waals surface area contributed by atoms with Crippen LogP contribution < -0.4 is 0 Å². The molecule has 0 N–H and O–H groups in total. The summed E-state index contributed by atoms with van der Waals surface area (Å²) in [4.78, 5) is 22.8. The molecule has 1 aliphatic rings. The van der Waals surface area contributed by atoms with E-state index >= 15 is 0 Å². The van der Waals surface area contributed by atoms with Crippen molar-refractivity contribution in [3.05, 3.63) is 41.7 Å². The quantitative estimate of drug-likeness (QED) is 0.815. The van der Waals surface area contributed by atoms with Crippen LogP contribution in [-0.2, 0) is 29.4 Å². The molecule has 1 saturated heterocycles. The number of aryl methyl sites for hydroxylation is 3. The monoisotopic (exact) mass is 343 g/mol. The Balaban J connectivity index is 1.56. The first-order chi connectivity index (χ1) is 12.1. The fourth-order valence-corrected chi connectivity index (χ4v) is 3.26. The smallest absolute Gasteiger partial charge is 0.222 e. The van der Waals surface area contributed by atoms with Crippen LogP contribution in [0.25, 0.3) is 0 Å². The molecule has 1 amide bonds. The minimum atomic E-state index is 0.182. The zero-order valence-electron chi connectivity index (χ0n) is 14.9. The number of hydrogen-bond donors (Lipinski definition) is 0. The normalized spacial score (nSPS) is 18.2. The lowest BCUT2D eigenvalue weighted by Gasteiger charge is -2.23. The Morgan fingerprint density at radius 1 is 1.44 bits per heavy atom. The van der Waals surface area contributed by atoms with Crippen molar-refractivity contribution < 1.29 is 9.53 Å². The van der Waals surface area contributed by atoms with Crippen LogP contribution in [0, 0.1) is 12.8 Å². The van der Waals surface area contributed by atoms with Gasteiger partial charge in [0.1, 0.15) is 6.33 Å². The second kappa shape index (κ2) is 8.20. The van der Waals surface area contributed by atoms with E-state index in [1.54, 1.807) is 17.2 Å². The van der Waals surface area contributed by atoms with E-state index in [1.165, 1.54) is 0 Å². The molecule has 1 fully saturated rings. The topological polar surface area (TPSA) is 73.1 Å². The van der Waals surface area contributed by atoms with Crippen molar-refractivity contribution in [2.45, 2.75) is 26.2 Å². The summed E-state index contributed by atoms with van der Waals surface area (Å²) in [7, 11) is 1.90. The Kier molecular flexibility index (Phi) is 5.75. The number of rotatable bonds is 5. The third kappa shape index (κ3) is 4.85. The summed E-state index contributed by atoms with van der Waals surface area (Å²) in [5.74, 6) is 0.447. The van der Waals surface area contributed by atoms with E-state index in [2.05, 4.69) is 15.1 Å². The minimum absolute atomic E-state index is 0.182. The van der Waals surface area contributed by atoms with Crippen molar-refractivity contribution in [3.63, 3.8) is 0 Å². The highest BCUT2D eigenvalue weighted by Gasteiger charge is 2.23. The Bertz CT molecular complexity index is 701. The molecule has 0 radical (unpaired) electrons. The van der Waals surface area contributed by atoms with Crippen molar-refractivity contribution in [2.75, 3.05) is 26.3 Å². The number of carbonyl (C=O) groups is 1. The Labute approximate surface area is 148 Å². The average Bonchev–Trinajstić information content (AvgIpc) is 2.79. The molecule has 0 unspecified atom stereocenters. The zero-order valence-corrected chi connectivity index (χ0v) is 14.9. The molecular weight excluding hydrogens is 318 g/mol. The maximum atomic E-state index is 12.7. The van der Waals surface area contributed by atoms with Crippen molar-refractivity contribution in [1.82, 2.24) is 24.6 Å². The Hall–Kier alpha value is -2.28. The van der Waals surface area contributed by atoms with Gasteiger partial charge in [-0.25, -0.2) is 9.97 Å². The molecule has 1 atom stereocenters. The number of amides is 1. The minimum Gasteiger partial charge on any atom is -0.379 e. The molecule has 0 aliphatic carbocycles. The van der Waals surface area contributed by atoms with Crippen molar-refractivity contribution in [3.8, 4) is 0 Å². The zero-order chi connectivity index (χ0) is 17.6. The summed E-state index contributed by atoms with van der Waals surface area (Å²) in [5.41, 5.74) is 3.12. The van der Waals surface area contributed by atoms with Gasteiger partial charge in [0.05, 0.1) is 18.9 Å². The van der Waals surface area contributed by atoms with E-state index in [0.717, 1.165) is 36.3 Å². The second-order valence-corrected chi connectivity index (χ2v) is 6.60. The highest BCUT2D eigenvalue weighted by Crippen LogP contribution is 2.15. The lowest BCUT2D eigenvalue weighted by atomic mass is 10.0. The second-order valence-electron chi connectivity index (χ2n) is 6.60. The maximum Gasteiger partial charge on any atom is 0.222 e. The third-order valence-electron chi connectivity index (χ3n) is 4.55. The highest BCUT2D eigenvalue weighted by atomic mass is 16.5. The number of nitrogens with zero attached hydrogens (tertiary/aromatic N) is 5. The summed E-state index contributed by atoms with van der Waals surface area (Å²) in [6.45, 7) is 4.62. The molecule has 3 rings (SSSR count). The Morgan fingerprint density at radius 3 is 3.04 bits per heavy atom. The molecule has 0 aromatic carbocycles. The van der Waals surface area contributed by atoms with E-state index in [-0.39, 0.29) is 11.8 Å². The number of carbonyl (C=O) groups excluding carboxylic acids is 1. The van der Waals surface area contributed by atoms with E-state index in [0.29, 0.717) is 26.2 Å². The van der Waals surface area contributed by atoms with Crippen LogP contribution in [0.1, 0.15) is 23.4 Å². The van der Waals surface area contributed by atoms with Crippen molar-refractivity contribution in [1.29, 1.82) is 0 Å². The van der Waals surface area contributed by atoms with Gasteiger partial charge in [-0.3, -0.25) is 9.48 Å². The van der Waals surface area contributed by atoms with Crippen LogP contribution in [0.5, 0.6) is 0 Å². The number of hydrogen-bond acceptors (Lipinski definition) is 5. The van der Waals surface area contributed by atoms with E-state index < -0.39 is 0 Å². The molecule has 2 aromatic heterocycles. The van der Waals surface area contributed by atoms with Gasteiger partial charge in [-0.2, -0.15) is 5.10 Å². The lowest BCUT2D eigenvalue weighted by molar-refractivity contribution is -0.131. The molecule has 2 aromatic rings. The fourth-order valence-electron chi connectivity index (χ4n) is 3.26. The summed E-state index contributed by atoms with van der Waals surface area (Å²) >= 11 is 0. The van der Waals surface area contributed by atoms with Crippen LogP contribution in [0.3, 0.4) is 0 Å². The van der Waals surface area contributed by atoms with Crippen LogP contribution in [0.2, 0.25) is 0 Å². The van der Waals surface area contributed by atoms with Gasteiger partial charge in [0, 0.05) is 50.6 Å². The van der Waals surface area contributed by atoms with Gasteiger partial charge in [-0.15, -0.1) is 0 Å². The molecular formula is C18H25N5O2. The maximum absolute atomic E-state index is 12.7. The summed E-state index contributed by atoms with van der Waals surface area (Å²) in [6.07, 6.45) is 7.34. The Morgan fingerprint density at radius 2 is 2.32 bits per heavy atom. The molecule has 7 heteroatoms. The average molecular weight is 343 g/mol. The molecule has 3 heterocycles. The van der Waals surface area contributed by atoms with Crippen molar-refractivity contribution in [2.24, 2.45) is 13.0 Å². The molecule has 25 heavy (non-hydrogen) atoms. The van der Waals surface area contributed by atoms with E-state index in [9.17, 15) is 4.79 Å². The van der Waals surface area contributed by atoms with Gasteiger partial charge in [0.2, 0.25) is 5.91 Å². The van der Waals surface area contributed by atoms with Gasteiger partial charge < -0.3 is 9.64 Å². The van der Waals surface area contributed by atoms with Crippen LogP contribution in [0.15, 0.2) is 24.8 Å². The van der Waals surface area contributed by atoms with Crippen molar-refractivity contribution >= 4 is 5.91 Å².